The summed E-state index contributed by atoms with van der Waals surface area (Å²) < 4.78 is 27.2. The highest BCUT2D eigenvalue weighted by molar-refractivity contribution is 7.90. The lowest BCUT2D eigenvalue weighted by molar-refractivity contribution is -0.125. The normalized spacial score (nSPS) is 11.8. The number of nitrogens with zero attached hydrogens (tertiary/aromatic N) is 1. The second-order valence-corrected chi connectivity index (χ2v) is 5.57. The number of nitrogens with two attached hydrogens (primary N) is 1. The Kier molecular flexibility index (Phi) is 9.71. The molecule has 1 rings (SSSR count). The Bertz CT molecular complexity index is 518. The van der Waals surface area contributed by atoms with Gasteiger partial charge in [0.15, 0.2) is 14.9 Å². The van der Waals surface area contributed by atoms with E-state index < -0.39 is 21.8 Å². The molecule has 7 nitrogen and oxygen atoms in total. The van der Waals surface area contributed by atoms with E-state index in [2.05, 4.69) is 10.3 Å². The highest BCUT2D eigenvalue weighted by atomic mass is 35.5. The van der Waals surface area contributed by atoms with Crippen LogP contribution in [0.5, 0.6) is 0 Å². The van der Waals surface area contributed by atoms with Crippen LogP contribution in [0.15, 0.2) is 23.4 Å². The van der Waals surface area contributed by atoms with Crippen LogP contribution in [0.3, 0.4) is 0 Å². The fraction of sp³-hybridized carbons (Fsp3) is 0.400. The first-order chi connectivity index (χ1) is 8.38. The predicted molar refractivity (Wildman–Crippen MR) is 80.3 cm³/mol. The molecule has 0 bridgehead atoms. The van der Waals surface area contributed by atoms with Crippen LogP contribution >= 0.6 is 24.8 Å². The van der Waals surface area contributed by atoms with E-state index in [9.17, 15) is 13.2 Å². The molecule has 0 radical (unpaired) electrons. The van der Waals surface area contributed by atoms with Crippen LogP contribution in [-0.2, 0) is 19.4 Å². The summed E-state index contributed by atoms with van der Waals surface area (Å²) in [6, 6.07) is 2.76. The van der Waals surface area contributed by atoms with Crippen molar-refractivity contribution in [3.8, 4) is 0 Å². The Morgan fingerprint density at radius 1 is 1.45 bits per heavy atom. The third-order valence-electron chi connectivity index (χ3n) is 2.17. The summed E-state index contributed by atoms with van der Waals surface area (Å²) >= 11 is 0. The van der Waals surface area contributed by atoms with Crippen LogP contribution in [0.25, 0.3) is 0 Å². The van der Waals surface area contributed by atoms with Crippen molar-refractivity contribution in [1.29, 1.82) is 0 Å². The van der Waals surface area contributed by atoms with Crippen molar-refractivity contribution in [2.24, 2.45) is 5.73 Å². The maximum atomic E-state index is 11.6. The number of anilines is 1. The number of pyridine rings is 1. The van der Waals surface area contributed by atoms with Gasteiger partial charge in [-0.1, -0.05) is 0 Å². The van der Waals surface area contributed by atoms with Crippen LogP contribution in [0.1, 0.15) is 0 Å². The van der Waals surface area contributed by atoms with Crippen molar-refractivity contribution in [3.63, 3.8) is 0 Å². The molecule has 0 spiro atoms. The van der Waals surface area contributed by atoms with Gasteiger partial charge >= 0.3 is 0 Å². The average Bonchev–Trinajstić information content (AvgIpc) is 2.30. The number of amides is 1. The molecule has 1 heterocycles. The van der Waals surface area contributed by atoms with E-state index in [1.807, 2.05) is 0 Å². The largest absolute Gasteiger partial charge is 0.370 e. The molecule has 20 heavy (non-hydrogen) atoms. The third-order valence-corrected chi connectivity index (χ3v) is 3.18. The van der Waals surface area contributed by atoms with E-state index in [1.54, 1.807) is 0 Å². The van der Waals surface area contributed by atoms with E-state index in [0.717, 1.165) is 6.26 Å². The first-order valence-corrected chi connectivity index (χ1v) is 6.97. The van der Waals surface area contributed by atoms with Gasteiger partial charge in [-0.15, -0.1) is 24.8 Å². The fourth-order valence-electron chi connectivity index (χ4n) is 1.21. The van der Waals surface area contributed by atoms with Crippen molar-refractivity contribution in [3.05, 3.63) is 18.3 Å². The maximum absolute atomic E-state index is 11.6. The van der Waals surface area contributed by atoms with Crippen molar-refractivity contribution in [2.75, 3.05) is 25.2 Å². The molecule has 1 amide bonds. The van der Waals surface area contributed by atoms with Gasteiger partial charge in [0.25, 0.3) is 5.91 Å². The summed E-state index contributed by atoms with van der Waals surface area (Å²) in [6.45, 7) is 0.0528. The van der Waals surface area contributed by atoms with Gasteiger partial charge in [-0.25, -0.2) is 13.4 Å². The minimum atomic E-state index is -3.34. The van der Waals surface area contributed by atoms with Gasteiger partial charge in [0.05, 0.1) is 11.9 Å². The average molecular weight is 346 g/mol. The predicted octanol–water partition coefficient (Wildman–Crippen LogP) is 0.241. The van der Waals surface area contributed by atoms with Crippen LogP contribution in [0.4, 0.5) is 5.69 Å². The first-order valence-electron chi connectivity index (χ1n) is 5.08. The number of ether oxygens (including phenoxy) is 1. The van der Waals surface area contributed by atoms with E-state index in [4.69, 9.17) is 10.5 Å². The molecule has 0 aromatic carbocycles. The summed E-state index contributed by atoms with van der Waals surface area (Å²) in [5.41, 5.74) is 5.72. The highest BCUT2D eigenvalue weighted by Gasteiger charge is 2.16. The monoisotopic (exact) mass is 345 g/mol. The zero-order valence-corrected chi connectivity index (χ0v) is 13.3. The number of carbonyl (C=O) groups excluding carboxylic acids is 1. The van der Waals surface area contributed by atoms with Crippen molar-refractivity contribution < 1.29 is 17.9 Å². The molecule has 0 aliphatic carbocycles. The van der Waals surface area contributed by atoms with E-state index >= 15 is 0 Å². The third kappa shape index (κ3) is 6.02. The second-order valence-electron chi connectivity index (χ2n) is 3.61. The summed E-state index contributed by atoms with van der Waals surface area (Å²) in [5.74, 6) is -0.408. The molecule has 0 saturated heterocycles. The van der Waals surface area contributed by atoms with Gasteiger partial charge in [0.1, 0.15) is 6.10 Å². The highest BCUT2D eigenvalue weighted by Crippen LogP contribution is 2.10. The van der Waals surface area contributed by atoms with Crippen LogP contribution < -0.4 is 11.1 Å². The van der Waals surface area contributed by atoms with Crippen LogP contribution in [-0.4, -0.2) is 45.3 Å². The minimum Gasteiger partial charge on any atom is -0.370 e. The fourth-order valence-corrected chi connectivity index (χ4v) is 1.77. The number of carbonyl (C=O) groups is 1. The first kappa shape index (κ1) is 21.4. The number of sulfone groups is 1. The standard InChI is InChI=1S/C10H15N3O4S.2ClH/c1-17-8(5-11)10(14)13-7-3-4-9(12-6-7)18(2,15)16;;/h3-4,6,8H,5,11H2,1-2H3,(H,13,14);2*1H. The molecule has 0 aliphatic rings. The summed E-state index contributed by atoms with van der Waals surface area (Å²) in [7, 11) is -1.97. The summed E-state index contributed by atoms with van der Waals surface area (Å²) in [4.78, 5) is 15.3. The summed E-state index contributed by atoms with van der Waals surface area (Å²) in [6.07, 6.45) is 1.57. The lowest BCUT2D eigenvalue weighted by Gasteiger charge is -2.12. The smallest absolute Gasteiger partial charge is 0.254 e. The number of halogens is 2. The van der Waals surface area contributed by atoms with Crippen LogP contribution in [0.2, 0.25) is 0 Å². The van der Waals surface area contributed by atoms with Crippen LogP contribution in [0, 0.1) is 0 Å². The topological polar surface area (TPSA) is 111 Å². The molecule has 0 aliphatic heterocycles. The molecule has 1 unspecified atom stereocenters. The zero-order valence-electron chi connectivity index (χ0n) is 10.9. The SMILES string of the molecule is COC(CN)C(=O)Nc1ccc(S(C)(=O)=O)nc1.Cl.Cl. The Hall–Kier alpha value is -0.930. The molecular weight excluding hydrogens is 329 g/mol. The molecular formula is C10H17Cl2N3O4S. The Labute approximate surface area is 130 Å². The van der Waals surface area contributed by atoms with E-state index in [0.29, 0.717) is 5.69 Å². The number of hydrogen-bond acceptors (Lipinski definition) is 6. The van der Waals surface area contributed by atoms with E-state index in [1.165, 1.54) is 25.4 Å². The van der Waals surface area contributed by atoms with Crippen molar-refractivity contribution in [1.82, 2.24) is 4.98 Å². The Morgan fingerprint density at radius 3 is 2.40 bits per heavy atom. The number of hydrogen-bond donors (Lipinski definition) is 2. The Morgan fingerprint density at radius 2 is 2.05 bits per heavy atom. The quantitative estimate of drug-likeness (QED) is 0.790. The number of methoxy groups -OCH3 is 1. The molecule has 1 aromatic heterocycles. The molecule has 116 valence electrons. The molecule has 0 saturated carbocycles. The molecule has 1 aromatic rings. The zero-order chi connectivity index (χ0) is 13.8. The van der Waals surface area contributed by atoms with Gasteiger partial charge in [-0.3, -0.25) is 4.79 Å². The number of aromatic nitrogens is 1. The molecule has 1 atom stereocenters. The molecule has 10 heteroatoms. The molecule has 0 fully saturated rings. The number of rotatable bonds is 5. The van der Waals surface area contributed by atoms with Gasteiger partial charge in [0.2, 0.25) is 0 Å². The Balaban J connectivity index is 0. The second kappa shape index (κ2) is 9.09. The van der Waals surface area contributed by atoms with Gasteiger partial charge in [0, 0.05) is 19.9 Å². The van der Waals surface area contributed by atoms with Gasteiger partial charge < -0.3 is 15.8 Å². The lowest BCUT2D eigenvalue weighted by Crippen LogP contribution is -2.35. The van der Waals surface area contributed by atoms with Crippen molar-refractivity contribution >= 4 is 46.2 Å². The van der Waals surface area contributed by atoms with Crippen molar-refractivity contribution in [2.45, 2.75) is 11.1 Å². The summed E-state index contributed by atoms with van der Waals surface area (Å²) in [5, 5.41) is 2.47. The number of nitrogens with one attached hydrogen (secondary N) is 1. The maximum Gasteiger partial charge on any atom is 0.254 e. The van der Waals surface area contributed by atoms with Gasteiger partial charge in [-0.2, -0.15) is 0 Å². The van der Waals surface area contributed by atoms with E-state index in [-0.39, 0.29) is 36.4 Å². The molecule has 3 N–H and O–H groups in total. The lowest BCUT2D eigenvalue weighted by atomic mass is 10.3. The minimum absolute atomic E-state index is 0. The van der Waals surface area contributed by atoms with Gasteiger partial charge in [-0.05, 0) is 12.1 Å².